The van der Waals surface area contributed by atoms with E-state index in [0.29, 0.717) is 11.6 Å². The van der Waals surface area contributed by atoms with Crippen LogP contribution in [-0.2, 0) is 21.2 Å². The van der Waals surface area contributed by atoms with Gasteiger partial charge in [-0.05, 0) is 72.7 Å². The van der Waals surface area contributed by atoms with Gasteiger partial charge in [-0.25, -0.2) is 8.42 Å². The van der Waals surface area contributed by atoms with Crippen LogP contribution < -0.4 is 4.31 Å². The summed E-state index contributed by atoms with van der Waals surface area (Å²) in [6.45, 7) is 8.26. The van der Waals surface area contributed by atoms with Crippen molar-refractivity contribution in [2.45, 2.75) is 57.8 Å². The first-order valence-electron chi connectivity index (χ1n) is 11.8. The lowest BCUT2D eigenvalue weighted by atomic mass is 10.0. The number of amides is 1. The molecule has 0 heterocycles. The van der Waals surface area contributed by atoms with E-state index in [1.54, 1.807) is 30.3 Å². The topological polar surface area (TPSA) is 54.5 Å². The van der Waals surface area contributed by atoms with Crippen molar-refractivity contribution in [3.63, 3.8) is 0 Å². The molecule has 0 saturated heterocycles. The van der Waals surface area contributed by atoms with Crippen molar-refractivity contribution in [3.8, 4) is 0 Å². The smallest absolute Gasteiger partial charge is 0.268 e. The minimum absolute atomic E-state index is 0.0798. The molecule has 3 rings (SSSR count). The fraction of sp³-hybridized carbons (Fsp3) is 0.276. The highest BCUT2D eigenvalue weighted by atomic mass is 32.2. The number of aryl methyl sites for hydroxylation is 2. The van der Waals surface area contributed by atoms with Gasteiger partial charge in [-0.3, -0.25) is 4.79 Å². The molecule has 1 amide bonds. The van der Waals surface area contributed by atoms with E-state index in [1.807, 2.05) is 43.3 Å². The van der Waals surface area contributed by atoms with Crippen molar-refractivity contribution in [2.24, 2.45) is 0 Å². The molecule has 0 spiro atoms. The Morgan fingerprint density at radius 2 is 1.53 bits per heavy atom. The highest BCUT2D eigenvalue weighted by molar-refractivity contribution is 7.93. The van der Waals surface area contributed by atoms with Gasteiger partial charge in [0, 0.05) is 6.08 Å². The number of benzene rings is 3. The van der Waals surface area contributed by atoms with Crippen molar-refractivity contribution < 1.29 is 13.2 Å². The fourth-order valence-electron chi connectivity index (χ4n) is 3.61. The summed E-state index contributed by atoms with van der Waals surface area (Å²) in [6, 6.07) is 21.6. The highest BCUT2D eigenvalue weighted by Gasteiger charge is 2.29. The lowest BCUT2D eigenvalue weighted by Crippen LogP contribution is -2.35. The molecule has 0 bridgehead atoms. The third-order valence-electron chi connectivity index (χ3n) is 5.77. The van der Waals surface area contributed by atoms with E-state index in [-0.39, 0.29) is 4.90 Å². The number of hydrogen-bond acceptors (Lipinski definition) is 3. The second kappa shape index (κ2) is 11.3. The summed E-state index contributed by atoms with van der Waals surface area (Å²) in [4.78, 5) is 13.4. The van der Waals surface area contributed by atoms with Gasteiger partial charge in [0.2, 0.25) is 0 Å². The number of carbonyl (C=O) groups excluding carboxylic acids is 1. The molecule has 0 saturated carbocycles. The van der Waals surface area contributed by atoms with Crippen LogP contribution in [0.4, 0.5) is 5.69 Å². The first-order chi connectivity index (χ1) is 16.2. The van der Waals surface area contributed by atoms with Gasteiger partial charge >= 0.3 is 0 Å². The average molecular weight is 476 g/mol. The summed E-state index contributed by atoms with van der Waals surface area (Å²) < 4.78 is 28.0. The minimum Gasteiger partial charge on any atom is -0.268 e. The van der Waals surface area contributed by atoms with Gasteiger partial charge in [0.15, 0.2) is 0 Å². The molecule has 0 atom stereocenters. The lowest BCUT2D eigenvalue weighted by molar-refractivity contribution is -0.113. The summed E-state index contributed by atoms with van der Waals surface area (Å²) in [5.41, 5.74) is 4.43. The van der Waals surface area contributed by atoms with Crippen LogP contribution in [0.1, 0.15) is 61.8 Å². The SMILES string of the molecule is CCCCc1ccc(N(C(=O)/C=C/c2ccc(C(C)C)cc2)S(=O)(=O)c2ccc(C)cc2)cc1. The summed E-state index contributed by atoms with van der Waals surface area (Å²) in [5.74, 6) is -0.204. The van der Waals surface area contributed by atoms with Crippen LogP contribution in [-0.4, -0.2) is 14.3 Å². The number of hydrogen-bond donors (Lipinski definition) is 0. The van der Waals surface area contributed by atoms with Crippen LogP contribution in [0.25, 0.3) is 6.08 Å². The van der Waals surface area contributed by atoms with Crippen molar-refractivity contribution >= 4 is 27.7 Å². The molecule has 0 unspecified atom stereocenters. The van der Waals surface area contributed by atoms with E-state index in [1.165, 1.54) is 23.8 Å². The number of rotatable bonds is 9. The maximum atomic E-state index is 13.5. The first kappa shape index (κ1) is 25.4. The predicted octanol–water partition coefficient (Wildman–Crippen LogP) is 6.90. The van der Waals surface area contributed by atoms with Crippen LogP contribution in [0, 0.1) is 6.92 Å². The van der Waals surface area contributed by atoms with Crippen LogP contribution in [0.2, 0.25) is 0 Å². The van der Waals surface area contributed by atoms with Gasteiger partial charge in [-0.15, -0.1) is 0 Å². The number of unbranched alkanes of at least 4 members (excludes halogenated alkanes) is 1. The van der Waals surface area contributed by atoms with Crippen LogP contribution >= 0.6 is 0 Å². The molecule has 0 aromatic heterocycles. The molecule has 178 valence electrons. The number of carbonyl (C=O) groups is 1. The molecule has 34 heavy (non-hydrogen) atoms. The number of sulfonamides is 1. The van der Waals surface area contributed by atoms with Gasteiger partial charge in [0.25, 0.3) is 15.9 Å². The Morgan fingerprint density at radius 3 is 2.09 bits per heavy atom. The van der Waals surface area contributed by atoms with E-state index >= 15 is 0 Å². The molecule has 0 fully saturated rings. The largest absolute Gasteiger partial charge is 0.271 e. The Labute approximate surface area is 204 Å². The van der Waals surface area contributed by atoms with Crippen molar-refractivity contribution in [3.05, 3.63) is 101 Å². The Balaban J connectivity index is 1.96. The molecule has 3 aromatic rings. The average Bonchev–Trinajstić information content (AvgIpc) is 2.82. The molecule has 0 N–H and O–H groups in total. The third-order valence-corrected chi connectivity index (χ3v) is 7.51. The maximum absolute atomic E-state index is 13.5. The van der Waals surface area contributed by atoms with Crippen LogP contribution in [0.5, 0.6) is 0 Å². The van der Waals surface area contributed by atoms with Gasteiger partial charge in [0.1, 0.15) is 0 Å². The van der Waals surface area contributed by atoms with E-state index in [9.17, 15) is 13.2 Å². The fourth-order valence-corrected chi connectivity index (χ4v) is 4.99. The standard InChI is InChI=1S/C29H33NO3S/c1-5-6-7-24-12-17-27(18-13-24)30(34(32,33)28-19-8-23(4)9-20-28)29(31)21-14-25-10-15-26(16-11-25)22(2)3/h8-22H,5-7H2,1-4H3/b21-14+. The molecule has 0 aliphatic heterocycles. The molecule has 0 radical (unpaired) electrons. The second-order valence-corrected chi connectivity index (χ2v) is 10.6. The Morgan fingerprint density at radius 1 is 0.912 bits per heavy atom. The lowest BCUT2D eigenvalue weighted by Gasteiger charge is -2.22. The summed E-state index contributed by atoms with van der Waals surface area (Å²) in [6.07, 6.45) is 6.03. The molecule has 4 nitrogen and oxygen atoms in total. The van der Waals surface area contributed by atoms with E-state index in [2.05, 4.69) is 20.8 Å². The van der Waals surface area contributed by atoms with E-state index in [0.717, 1.165) is 40.3 Å². The highest BCUT2D eigenvalue weighted by Crippen LogP contribution is 2.26. The molecule has 0 aliphatic rings. The van der Waals surface area contributed by atoms with Gasteiger partial charge < -0.3 is 0 Å². The van der Waals surface area contributed by atoms with Crippen LogP contribution in [0.15, 0.2) is 83.8 Å². The number of anilines is 1. The van der Waals surface area contributed by atoms with E-state index < -0.39 is 15.9 Å². The van der Waals surface area contributed by atoms with Crippen molar-refractivity contribution in [2.75, 3.05) is 4.31 Å². The zero-order chi connectivity index (χ0) is 24.7. The molecular weight excluding hydrogens is 442 g/mol. The third kappa shape index (κ3) is 6.23. The summed E-state index contributed by atoms with van der Waals surface area (Å²) in [7, 11) is -4.09. The summed E-state index contributed by atoms with van der Waals surface area (Å²) >= 11 is 0. The monoisotopic (exact) mass is 475 g/mol. The van der Waals surface area contributed by atoms with Crippen molar-refractivity contribution in [1.82, 2.24) is 0 Å². The number of nitrogens with zero attached hydrogens (tertiary/aromatic N) is 1. The molecular formula is C29H33NO3S. The minimum atomic E-state index is -4.09. The Bertz CT molecular complexity index is 1220. The zero-order valence-electron chi connectivity index (χ0n) is 20.4. The molecule has 0 aliphatic carbocycles. The van der Waals surface area contributed by atoms with E-state index in [4.69, 9.17) is 0 Å². The van der Waals surface area contributed by atoms with Crippen LogP contribution in [0.3, 0.4) is 0 Å². The second-order valence-electron chi connectivity index (χ2n) is 8.85. The van der Waals surface area contributed by atoms with Crippen molar-refractivity contribution in [1.29, 1.82) is 0 Å². The van der Waals surface area contributed by atoms with Gasteiger partial charge in [0.05, 0.1) is 10.6 Å². The molecule has 3 aromatic carbocycles. The van der Waals surface area contributed by atoms with Gasteiger partial charge in [-0.1, -0.05) is 81.3 Å². The maximum Gasteiger partial charge on any atom is 0.271 e. The predicted molar refractivity (Wildman–Crippen MR) is 140 cm³/mol. The quantitative estimate of drug-likeness (QED) is 0.316. The summed E-state index contributed by atoms with van der Waals surface area (Å²) in [5, 5.41) is 0. The molecule has 5 heteroatoms. The normalized spacial score (nSPS) is 11.8. The first-order valence-corrected chi connectivity index (χ1v) is 13.2. The Kier molecular flexibility index (Phi) is 8.46. The zero-order valence-corrected chi connectivity index (χ0v) is 21.2. The Hall–Kier alpha value is -3.18. The van der Waals surface area contributed by atoms with Gasteiger partial charge in [-0.2, -0.15) is 4.31 Å².